The second kappa shape index (κ2) is 7.20. The van der Waals surface area contributed by atoms with E-state index < -0.39 is 17.4 Å². The number of para-hydroxylation sites is 1. The molecule has 0 aliphatic heterocycles. The Morgan fingerprint density at radius 2 is 1.78 bits per heavy atom. The van der Waals surface area contributed by atoms with Gasteiger partial charge < -0.3 is 4.74 Å². The number of aromatic amines is 1. The number of ether oxygens (including phenoxy) is 1. The number of methoxy groups -OCH3 is 1. The van der Waals surface area contributed by atoms with Gasteiger partial charge in [0.1, 0.15) is 22.0 Å². The molecular weight excluding hydrogens is 441 g/mol. The Balaban J connectivity index is 1.82. The Kier molecular flexibility index (Phi) is 4.55. The highest BCUT2D eigenvalue weighted by Gasteiger charge is 2.38. The molecule has 0 aliphatic rings. The predicted molar refractivity (Wildman–Crippen MR) is 116 cm³/mol. The molecule has 5 rings (SSSR count). The summed E-state index contributed by atoms with van der Waals surface area (Å²) < 4.78 is 48.5. The van der Waals surface area contributed by atoms with Crippen molar-refractivity contribution in [2.45, 2.75) is 13.1 Å². The molecule has 0 aliphatic carbocycles. The van der Waals surface area contributed by atoms with Gasteiger partial charge in [0, 0.05) is 0 Å². The SMILES string of the molecule is COc1cccc2sc(-c3c(C)nc4c(-c5ccccc5)c(C(F)(F)F)[nH]n4c3=O)nc12. The summed E-state index contributed by atoms with van der Waals surface area (Å²) in [4.78, 5) is 22.3. The predicted octanol–water partition coefficient (Wildman–Crippen LogP) is 5.30. The maximum Gasteiger partial charge on any atom is 0.433 e. The smallest absolute Gasteiger partial charge is 0.433 e. The Hall–Kier alpha value is -3.66. The van der Waals surface area contributed by atoms with Crippen LogP contribution in [0.1, 0.15) is 11.4 Å². The van der Waals surface area contributed by atoms with Gasteiger partial charge in [-0.1, -0.05) is 36.4 Å². The Morgan fingerprint density at radius 1 is 1.03 bits per heavy atom. The number of alkyl halides is 3. The zero-order valence-electron chi connectivity index (χ0n) is 16.8. The second-order valence-electron chi connectivity index (χ2n) is 7.09. The average Bonchev–Trinajstić information content (AvgIpc) is 3.36. The number of aryl methyl sites for hydroxylation is 1. The van der Waals surface area contributed by atoms with Crippen LogP contribution in [0.5, 0.6) is 5.75 Å². The quantitative estimate of drug-likeness (QED) is 0.400. The molecule has 0 fully saturated rings. The summed E-state index contributed by atoms with van der Waals surface area (Å²) in [5, 5.41) is 2.59. The highest BCUT2D eigenvalue weighted by atomic mass is 32.1. The number of rotatable bonds is 3. The number of aromatic nitrogens is 4. The van der Waals surface area contributed by atoms with Crippen LogP contribution in [0.15, 0.2) is 53.3 Å². The van der Waals surface area contributed by atoms with Crippen molar-refractivity contribution >= 4 is 27.2 Å². The van der Waals surface area contributed by atoms with Crippen molar-refractivity contribution in [2.24, 2.45) is 0 Å². The molecule has 32 heavy (non-hydrogen) atoms. The van der Waals surface area contributed by atoms with Gasteiger partial charge in [0.15, 0.2) is 5.65 Å². The summed E-state index contributed by atoms with van der Waals surface area (Å²) in [5.74, 6) is 0.544. The normalized spacial score (nSPS) is 12.0. The third-order valence-corrected chi connectivity index (χ3v) is 6.16. The number of hydrogen-bond acceptors (Lipinski definition) is 5. The van der Waals surface area contributed by atoms with E-state index in [1.807, 2.05) is 6.07 Å². The van der Waals surface area contributed by atoms with Crippen LogP contribution in [0.3, 0.4) is 0 Å². The van der Waals surface area contributed by atoms with Crippen LogP contribution in [-0.4, -0.2) is 26.7 Å². The Labute approximate surface area is 182 Å². The number of H-pyrrole nitrogens is 1. The molecule has 3 heterocycles. The molecular formula is C22H15F3N4O2S. The van der Waals surface area contributed by atoms with E-state index in [2.05, 4.69) is 15.1 Å². The third-order valence-electron chi connectivity index (χ3n) is 5.12. The largest absolute Gasteiger partial charge is 0.494 e. The third kappa shape index (κ3) is 3.06. The van der Waals surface area contributed by atoms with E-state index >= 15 is 0 Å². The van der Waals surface area contributed by atoms with E-state index in [-0.39, 0.29) is 22.5 Å². The minimum absolute atomic E-state index is 0.0894. The molecule has 0 amide bonds. The van der Waals surface area contributed by atoms with E-state index in [1.54, 1.807) is 49.4 Å². The van der Waals surface area contributed by atoms with Gasteiger partial charge in [-0.25, -0.2) is 9.97 Å². The molecule has 2 aromatic carbocycles. The summed E-state index contributed by atoms with van der Waals surface area (Å²) >= 11 is 1.25. The Bertz CT molecular complexity index is 1530. The molecule has 162 valence electrons. The lowest BCUT2D eigenvalue weighted by Gasteiger charge is -2.07. The fraction of sp³-hybridized carbons (Fsp3) is 0.136. The Morgan fingerprint density at radius 3 is 2.47 bits per heavy atom. The maximum atomic E-state index is 13.9. The van der Waals surface area contributed by atoms with Crippen molar-refractivity contribution in [3.63, 3.8) is 0 Å². The lowest BCUT2D eigenvalue weighted by atomic mass is 10.1. The van der Waals surface area contributed by atoms with E-state index in [9.17, 15) is 18.0 Å². The molecule has 3 aromatic heterocycles. The van der Waals surface area contributed by atoms with Crippen molar-refractivity contribution in [3.8, 4) is 27.4 Å². The lowest BCUT2D eigenvalue weighted by molar-refractivity contribution is -0.140. The summed E-state index contributed by atoms with van der Waals surface area (Å²) in [7, 11) is 1.52. The van der Waals surface area contributed by atoms with Crippen LogP contribution in [0.2, 0.25) is 0 Å². The summed E-state index contributed by atoms with van der Waals surface area (Å²) in [6, 6.07) is 13.5. The number of halogens is 3. The van der Waals surface area contributed by atoms with E-state index in [4.69, 9.17) is 4.74 Å². The van der Waals surface area contributed by atoms with Crippen LogP contribution < -0.4 is 10.3 Å². The fourth-order valence-corrected chi connectivity index (χ4v) is 4.77. The van der Waals surface area contributed by atoms with Gasteiger partial charge in [-0.05, 0) is 24.6 Å². The molecule has 5 aromatic rings. The van der Waals surface area contributed by atoms with Gasteiger partial charge in [0.25, 0.3) is 5.56 Å². The van der Waals surface area contributed by atoms with E-state index in [0.29, 0.717) is 21.8 Å². The summed E-state index contributed by atoms with van der Waals surface area (Å²) in [6.07, 6.45) is -4.71. The van der Waals surface area contributed by atoms with Crippen LogP contribution in [0.25, 0.3) is 37.6 Å². The van der Waals surface area contributed by atoms with Gasteiger partial charge in [-0.2, -0.15) is 17.7 Å². The first-order chi connectivity index (χ1) is 15.3. The van der Waals surface area contributed by atoms with Crippen molar-refractivity contribution < 1.29 is 17.9 Å². The molecule has 0 saturated carbocycles. The van der Waals surface area contributed by atoms with Crippen molar-refractivity contribution in [3.05, 3.63) is 70.3 Å². The molecule has 0 radical (unpaired) electrons. The van der Waals surface area contributed by atoms with Gasteiger partial charge in [0.05, 0.1) is 28.6 Å². The molecule has 1 N–H and O–H groups in total. The van der Waals surface area contributed by atoms with E-state index in [0.717, 1.165) is 9.22 Å². The number of hydrogen-bond donors (Lipinski definition) is 1. The maximum absolute atomic E-state index is 13.9. The zero-order valence-corrected chi connectivity index (χ0v) is 17.6. The highest BCUT2D eigenvalue weighted by Crippen LogP contribution is 2.39. The highest BCUT2D eigenvalue weighted by molar-refractivity contribution is 7.21. The number of benzene rings is 2. The van der Waals surface area contributed by atoms with Crippen molar-refractivity contribution in [1.29, 1.82) is 0 Å². The lowest BCUT2D eigenvalue weighted by Crippen LogP contribution is -2.19. The standard InChI is InChI=1S/C22H15F3N4O2S/c1-11-15(20-27-17-13(31-2)9-6-10-14(17)32-20)21(30)29-19(26-11)16(12-7-4-3-5-8-12)18(28-29)22(23,24)25/h3-10,28H,1-2H3. The fourth-order valence-electron chi connectivity index (χ4n) is 3.70. The minimum atomic E-state index is -4.71. The molecule has 0 atom stereocenters. The molecule has 0 bridgehead atoms. The second-order valence-corrected chi connectivity index (χ2v) is 8.12. The number of fused-ring (bicyclic) bond motifs is 2. The van der Waals surface area contributed by atoms with Gasteiger partial charge in [0.2, 0.25) is 0 Å². The first-order valence-corrected chi connectivity index (χ1v) is 10.3. The topological polar surface area (TPSA) is 72.3 Å². The van der Waals surface area contributed by atoms with Gasteiger partial charge in [-0.15, -0.1) is 11.3 Å². The van der Waals surface area contributed by atoms with Crippen molar-refractivity contribution in [1.82, 2.24) is 19.6 Å². The summed E-state index contributed by atoms with van der Waals surface area (Å²) in [6.45, 7) is 1.59. The number of thiazole rings is 1. The van der Waals surface area contributed by atoms with Gasteiger partial charge >= 0.3 is 6.18 Å². The summed E-state index contributed by atoms with van der Waals surface area (Å²) in [5.41, 5.74) is -0.634. The average molecular weight is 456 g/mol. The molecule has 0 spiro atoms. The van der Waals surface area contributed by atoms with Crippen molar-refractivity contribution in [2.75, 3.05) is 7.11 Å². The monoisotopic (exact) mass is 456 g/mol. The molecule has 0 saturated heterocycles. The van der Waals surface area contributed by atoms with Crippen LogP contribution in [-0.2, 0) is 6.18 Å². The number of nitrogens with zero attached hydrogens (tertiary/aromatic N) is 3. The first-order valence-electron chi connectivity index (χ1n) is 9.51. The van der Waals surface area contributed by atoms with Crippen LogP contribution in [0.4, 0.5) is 13.2 Å². The van der Waals surface area contributed by atoms with Crippen LogP contribution in [0, 0.1) is 6.92 Å². The van der Waals surface area contributed by atoms with Gasteiger partial charge in [-0.3, -0.25) is 9.89 Å². The minimum Gasteiger partial charge on any atom is -0.494 e. The molecule has 10 heteroatoms. The molecule has 6 nitrogen and oxygen atoms in total. The number of nitrogens with one attached hydrogen (secondary N) is 1. The molecule has 0 unspecified atom stereocenters. The van der Waals surface area contributed by atoms with E-state index in [1.165, 1.54) is 18.4 Å². The zero-order chi connectivity index (χ0) is 22.6. The first kappa shape index (κ1) is 20.3. The van der Waals surface area contributed by atoms with Crippen LogP contribution >= 0.6 is 11.3 Å².